The minimum Gasteiger partial charge on any atom is -0.256 e. The lowest BCUT2D eigenvalue weighted by atomic mass is 9.92. The van der Waals surface area contributed by atoms with Crippen molar-refractivity contribution in [2.45, 2.75) is 6.18 Å². The quantitative estimate of drug-likeness (QED) is 0.163. The van der Waals surface area contributed by atoms with E-state index in [1.807, 2.05) is 121 Å². The number of pyridine rings is 1. The Kier molecular flexibility index (Phi) is 8.80. The van der Waals surface area contributed by atoms with Gasteiger partial charge in [-0.3, -0.25) is 4.98 Å². The zero-order valence-corrected chi connectivity index (χ0v) is 28.1. The van der Waals surface area contributed by atoms with Crippen molar-refractivity contribution in [1.29, 1.82) is 0 Å². The molecule has 1 heterocycles. The highest BCUT2D eigenvalue weighted by atomic mass is 19.4. The highest BCUT2D eigenvalue weighted by Gasteiger charge is 2.31. The fraction of sp³-hybridized carbons (Fsp3) is 0.0208. The Balaban J connectivity index is 1.11. The molecule has 1 aromatic heterocycles. The second kappa shape index (κ2) is 14.0. The zero-order valence-electron chi connectivity index (χ0n) is 28.1. The summed E-state index contributed by atoms with van der Waals surface area (Å²) in [6.07, 6.45) is -2.74. The van der Waals surface area contributed by atoms with Gasteiger partial charge in [-0.1, -0.05) is 133 Å². The summed E-state index contributed by atoms with van der Waals surface area (Å²) in [7, 11) is 0. The first-order valence-corrected chi connectivity index (χ1v) is 17.1. The second-order valence-corrected chi connectivity index (χ2v) is 12.8. The van der Waals surface area contributed by atoms with Gasteiger partial charge in [-0.15, -0.1) is 0 Å². The molecule has 0 saturated heterocycles. The van der Waals surface area contributed by atoms with Crippen molar-refractivity contribution in [3.05, 3.63) is 200 Å². The Morgan fingerprint density at radius 1 is 0.288 bits per heavy atom. The maximum Gasteiger partial charge on any atom is 0.416 e. The lowest BCUT2D eigenvalue weighted by Crippen LogP contribution is -2.05. The van der Waals surface area contributed by atoms with E-state index in [1.165, 1.54) is 12.1 Å². The van der Waals surface area contributed by atoms with E-state index in [0.717, 1.165) is 55.8 Å². The van der Waals surface area contributed by atoms with Crippen LogP contribution in [-0.4, -0.2) is 4.98 Å². The lowest BCUT2D eigenvalue weighted by molar-refractivity contribution is -0.137. The van der Waals surface area contributed by atoms with Crippen LogP contribution in [0.3, 0.4) is 0 Å². The number of hydrogen-bond acceptors (Lipinski definition) is 1. The van der Waals surface area contributed by atoms with Crippen LogP contribution in [0.2, 0.25) is 0 Å². The van der Waals surface area contributed by atoms with Crippen LogP contribution < -0.4 is 0 Å². The zero-order chi connectivity index (χ0) is 35.5. The van der Waals surface area contributed by atoms with Gasteiger partial charge < -0.3 is 0 Å². The Hall–Kier alpha value is -6.52. The summed E-state index contributed by atoms with van der Waals surface area (Å²) in [4.78, 5) is 4.46. The summed E-state index contributed by atoms with van der Waals surface area (Å²) in [5.74, 6) is 0. The fourth-order valence-electron chi connectivity index (χ4n) is 6.64. The van der Waals surface area contributed by atoms with Gasteiger partial charge in [-0.25, -0.2) is 0 Å². The van der Waals surface area contributed by atoms with Crippen LogP contribution in [0.5, 0.6) is 0 Å². The van der Waals surface area contributed by atoms with Crippen molar-refractivity contribution in [2.75, 3.05) is 0 Å². The molecule has 4 heteroatoms. The van der Waals surface area contributed by atoms with Gasteiger partial charge in [0.25, 0.3) is 0 Å². The van der Waals surface area contributed by atoms with E-state index in [-0.39, 0.29) is 0 Å². The molecular weight excluding hydrogens is 648 g/mol. The van der Waals surface area contributed by atoms with Gasteiger partial charge in [0, 0.05) is 11.8 Å². The molecule has 1 nitrogen and oxygen atoms in total. The predicted octanol–water partition coefficient (Wildman–Crippen LogP) is 13.8. The summed E-state index contributed by atoms with van der Waals surface area (Å²) >= 11 is 0. The van der Waals surface area contributed by atoms with E-state index in [2.05, 4.69) is 59.6 Å². The Bertz CT molecular complexity index is 2480. The van der Waals surface area contributed by atoms with Crippen LogP contribution >= 0.6 is 0 Å². The molecule has 0 fully saturated rings. The van der Waals surface area contributed by atoms with Crippen LogP contribution in [-0.2, 0) is 6.18 Å². The van der Waals surface area contributed by atoms with E-state index < -0.39 is 11.7 Å². The number of hydrogen-bond donors (Lipinski definition) is 0. The predicted molar refractivity (Wildman–Crippen MR) is 207 cm³/mol. The van der Waals surface area contributed by atoms with Gasteiger partial charge >= 0.3 is 6.18 Å². The van der Waals surface area contributed by atoms with Crippen molar-refractivity contribution in [3.63, 3.8) is 0 Å². The van der Waals surface area contributed by atoms with E-state index in [1.54, 1.807) is 6.20 Å². The number of nitrogens with zero attached hydrogens (tertiary/aromatic N) is 1. The minimum atomic E-state index is -4.50. The van der Waals surface area contributed by atoms with Crippen LogP contribution in [0.25, 0.3) is 78.0 Å². The number of benzene rings is 7. The van der Waals surface area contributed by atoms with Crippen LogP contribution in [0.15, 0.2) is 194 Å². The van der Waals surface area contributed by atoms with E-state index in [4.69, 9.17) is 0 Å². The molecule has 250 valence electrons. The largest absolute Gasteiger partial charge is 0.416 e. The summed E-state index contributed by atoms with van der Waals surface area (Å²) in [6, 6.07) is 60.6. The molecule has 52 heavy (non-hydrogen) atoms. The first-order chi connectivity index (χ1) is 25.4. The van der Waals surface area contributed by atoms with Crippen LogP contribution in [0.4, 0.5) is 13.2 Å². The van der Waals surface area contributed by atoms with E-state index in [9.17, 15) is 13.2 Å². The molecule has 7 aromatic carbocycles. The van der Waals surface area contributed by atoms with Gasteiger partial charge in [-0.05, 0) is 121 Å². The Labute approximate surface area is 301 Å². The first-order valence-electron chi connectivity index (χ1n) is 17.1. The average Bonchev–Trinajstić information content (AvgIpc) is 3.21. The third-order valence-corrected chi connectivity index (χ3v) is 9.33. The minimum absolute atomic E-state index is 0.504. The third kappa shape index (κ3) is 7.05. The SMILES string of the molecule is FC(F)(F)c1cc(-c2ccc(-c3cccc(-c4ccccn4)c3)cc2)cc(-c2cccc(-c3cccc(-c4cccc(-c5ccccc5)c4)c3)c2)c1. The molecule has 0 aliphatic heterocycles. The normalized spacial score (nSPS) is 11.4. The monoisotopic (exact) mass is 679 g/mol. The standard InChI is InChI=1S/C48H32F3N/c49-48(50,51)46-31-44(35-23-21-34(22-24-35)37-13-9-19-43(29-37)47-20-4-5-25-52-47)30-45(32-46)42-18-8-17-41(28-42)40-16-7-15-39(27-40)38-14-6-12-36(26-38)33-10-2-1-3-11-33/h1-32H. The highest BCUT2D eigenvalue weighted by molar-refractivity contribution is 5.81. The molecule has 0 N–H and O–H groups in total. The van der Waals surface area contributed by atoms with Crippen molar-refractivity contribution in [3.8, 4) is 78.0 Å². The fourth-order valence-corrected chi connectivity index (χ4v) is 6.64. The van der Waals surface area contributed by atoms with Gasteiger partial charge in [0.2, 0.25) is 0 Å². The van der Waals surface area contributed by atoms with Gasteiger partial charge in [0.1, 0.15) is 0 Å². The maximum atomic E-state index is 14.3. The van der Waals surface area contributed by atoms with E-state index >= 15 is 0 Å². The Morgan fingerprint density at radius 2 is 0.635 bits per heavy atom. The highest BCUT2D eigenvalue weighted by Crippen LogP contribution is 2.38. The third-order valence-electron chi connectivity index (χ3n) is 9.33. The average molecular weight is 680 g/mol. The van der Waals surface area contributed by atoms with Crippen LogP contribution in [0.1, 0.15) is 5.56 Å². The van der Waals surface area contributed by atoms with Gasteiger partial charge in [0.15, 0.2) is 0 Å². The molecule has 0 spiro atoms. The molecular formula is C48H32F3N. The molecule has 8 rings (SSSR count). The Morgan fingerprint density at radius 3 is 1.12 bits per heavy atom. The summed E-state index contributed by atoms with van der Waals surface area (Å²) in [5.41, 5.74) is 11.9. The van der Waals surface area contributed by atoms with Crippen molar-refractivity contribution >= 4 is 0 Å². The molecule has 0 atom stereocenters. The van der Waals surface area contributed by atoms with Gasteiger partial charge in [-0.2, -0.15) is 13.2 Å². The van der Waals surface area contributed by atoms with Gasteiger partial charge in [0.05, 0.1) is 11.3 Å². The van der Waals surface area contributed by atoms with Crippen molar-refractivity contribution < 1.29 is 13.2 Å². The molecule has 0 bridgehead atoms. The summed E-state index contributed by atoms with van der Waals surface area (Å²) < 4.78 is 43.0. The maximum absolute atomic E-state index is 14.3. The molecule has 8 aromatic rings. The smallest absolute Gasteiger partial charge is 0.256 e. The summed E-state index contributed by atoms with van der Waals surface area (Å²) in [5, 5.41) is 0. The number of alkyl halides is 3. The molecule has 0 unspecified atom stereocenters. The van der Waals surface area contributed by atoms with Crippen molar-refractivity contribution in [2.24, 2.45) is 0 Å². The molecule has 0 amide bonds. The molecule has 0 radical (unpaired) electrons. The number of rotatable bonds is 7. The molecule has 0 saturated carbocycles. The number of halogens is 3. The second-order valence-electron chi connectivity index (χ2n) is 12.8. The lowest BCUT2D eigenvalue weighted by Gasteiger charge is -2.14. The van der Waals surface area contributed by atoms with Crippen molar-refractivity contribution in [1.82, 2.24) is 4.98 Å². The number of aromatic nitrogens is 1. The molecule has 0 aliphatic rings. The van der Waals surface area contributed by atoms with E-state index in [0.29, 0.717) is 22.3 Å². The topological polar surface area (TPSA) is 12.9 Å². The first kappa shape index (κ1) is 32.7. The summed E-state index contributed by atoms with van der Waals surface area (Å²) in [6.45, 7) is 0. The molecule has 0 aliphatic carbocycles. The van der Waals surface area contributed by atoms with Crippen LogP contribution in [0, 0.1) is 0 Å².